The quantitative estimate of drug-likeness (QED) is 0.840. The molecule has 0 radical (unpaired) electrons. The molecule has 2 rings (SSSR count). The molecule has 0 saturated carbocycles. The zero-order valence-electron chi connectivity index (χ0n) is 9.37. The second kappa shape index (κ2) is 4.72. The van der Waals surface area contributed by atoms with Gasteiger partial charge in [0.2, 0.25) is 0 Å². The predicted octanol–water partition coefficient (Wildman–Crippen LogP) is 1.58. The Morgan fingerprint density at radius 3 is 2.44 bits per heavy atom. The number of ether oxygens (including phenoxy) is 1. The first kappa shape index (κ1) is 11.9. The predicted molar refractivity (Wildman–Crippen MR) is 65.6 cm³/mol. The number of benzene rings is 1. The number of hydrogen-bond acceptors (Lipinski definition) is 3. The third-order valence-corrected chi connectivity index (χ3v) is 3.54. The third kappa shape index (κ3) is 1.96. The normalized spacial score (nSPS) is 20.2. The highest BCUT2D eigenvalue weighted by Gasteiger charge is 2.44. The molecule has 1 aliphatic heterocycles. The Balaban J connectivity index is 2.25. The summed E-state index contributed by atoms with van der Waals surface area (Å²) in [5.41, 5.74) is 7.11. The first-order valence-electron chi connectivity index (χ1n) is 5.42. The summed E-state index contributed by atoms with van der Waals surface area (Å²) in [5.74, 6) is 0. The van der Waals surface area contributed by atoms with Crippen LogP contribution in [0.3, 0.4) is 0 Å². The van der Waals surface area contributed by atoms with Gasteiger partial charge in [-0.1, -0.05) is 23.7 Å². The van der Waals surface area contributed by atoms with Crippen LogP contribution in [-0.2, 0) is 4.74 Å². The first-order valence-corrected chi connectivity index (χ1v) is 5.80. The molecule has 0 spiro atoms. The number of nitrogens with two attached hydrogens (primary N) is 1. The van der Waals surface area contributed by atoms with E-state index in [-0.39, 0.29) is 11.5 Å². The minimum Gasteiger partial charge on any atom is -0.380 e. The number of nitrogens with one attached hydrogen (secondary N) is 1. The summed E-state index contributed by atoms with van der Waals surface area (Å²) < 4.78 is 5.31. The summed E-state index contributed by atoms with van der Waals surface area (Å²) >= 11 is 5.89. The van der Waals surface area contributed by atoms with Crippen molar-refractivity contribution >= 4 is 11.6 Å². The van der Waals surface area contributed by atoms with Crippen LogP contribution in [0.1, 0.15) is 11.6 Å². The van der Waals surface area contributed by atoms with E-state index >= 15 is 0 Å². The summed E-state index contributed by atoms with van der Waals surface area (Å²) in [4.78, 5) is 0. The van der Waals surface area contributed by atoms with Crippen LogP contribution in [0, 0.1) is 5.41 Å². The molecule has 1 aliphatic rings. The van der Waals surface area contributed by atoms with E-state index in [0.717, 1.165) is 18.2 Å². The van der Waals surface area contributed by atoms with E-state index in [0.29, 0.717) is 6.54 Å². The Morgan fingerprint density at radius 2 is 2.06 bits per heavy atom. The van der Waals surface area contributed by atoms with Gasteiger partial charge in [0.05, 0.1) is 13.2 Å². The molecule has 1 heterocycles. The van der Waals surface area contributed by atoms with Crippen LogP contribution in [0.25, 0.3) is 0 Å². The van der Waals surface area contributed by atoms with Crippen LogP contribution in [0.15, 0.2) is 24.3 Å². The van der Waals surface area contributed by atoms with Crippen molar-refractivity contribution in [2.75, 3.05) is 26.8 Å². The molecular weight excluding hydrogens is 224 g/mol. The van der Waals surface area contributed by atoms with Crippen molar-refractivity contribution in [2.45, 2.75) is 6.04 Å². The molecular formula is C12H17ClN2O. The fourth-order valence-corrected chi connectivity index (χ4v) is 2.37. The lowest BCUT2D eigenvalue weighted by Gasteiger charge is -2.46. The van der Waals surface area contributed by atoms with Crippen molar-refractivity contribution in [2.24, 2.45) is 11.1 Å². The van der Waals surface area contributed by atoms with Gasteiger partial charge in [0.25, 0.3) is 0 Å². The highest BCUT2D eigenvalue weighted by molar-refractivity contribution is 6.30. The van der Waals surface area contributed by atoms with E-state index in [9.17, 15) is 0 Å². The standard InChI is InChI=1S/C12H17ClN2O/c1-15-11(12(6-14)7-16-8-12)9-2-4-10(13)5-3-9/h2-5,11,15H,6-8,14H2,1H3. The Hall–Kier alpha value is -0.610. The second-order valence-corrected chi connectivity index (χ2v) is 4.77. The molecule has 0 aromatic heterocycles. The van der Waals surface area contributed by atoms with Crippen LogP contribution < -0.4 is 11.1 Å². The molecule has 1 aromatic carbocycles. The highest BCUT2D eigenvalue weighted by Crippen LogP contribution is 2.39. The van der Waals surface area contributed by atoms with Crippen molar-refractivity contribution in [1.29, 1.82) is 0 Å². The fourth-order valence-electron chi connectivity index (χ4n) is 2.25. The van der Waals surface area contributed by atoms with Gasteiger partial charge in [-0.15, -0.1) is 0 Å². The molecule has 4 heteroatoms. The Labute approximate surface area is 101 Å². The molecule has 0 amide bonds. The highest BCUT2D eigenvalue weighted by atomic mass is 35.5. The van der Waals surface area contributed by atoms with Crippen molar-refractivity contribution in [3.8, 4) is 0 Å². The van der Waals surface area contributed by atoms with E-state index in [1.54, 1.807) is 0 Å². The number of rotatable bonds is 4. The average molecular weight is 241 g/mol. The lowest BCUT2D eigenvalue weighted by atomic mass is 9.75. The molecule has 0 bridgehead atoms. The minimum atomic E-state index is 0.0303. The van der Waals surface area contributed by atoms with Crippen molar-refractivity contribution in [3.05, 3.63) is 34.9 Å². The Morgan fingerprint density at radius 1 is 1.44 bits per heavy atom. The molecule has 3 N–H and O–H groups in total. The van der Waals surface area contributed by atoms with Gasteiger partial charge in [0.1, 0.15) is 0 Å². The van der Waals surface area contributed by atoms with Crippen molar-refractivity contribution < 1.29 is 4.74 Å². The van der Waals surface area contributed by atoms with Crippen molar-refractivity contribution in [3.63, 3.8) is 0 Å². The first-order chi connectivity index (χ1) is 7.72. The van der Waals surface area contributed by atoms with E-state index < -0.39 is 0 Å². The van der Waals surface area contributed by atoms with Gasteiger partial charge in [0, 0.05) is 23.0 Å². The maximum Gasteiger partial charge on any atom is 0.0575 e. The molecule has 1 fully saturated rings. The lowest BCUT2D eigenvalue weighted by Crippen LogP contribution is -2.55. The largest absolute Gasteiger partial charge is 0.380 e. The summed E-state index contributed by atoms with van der Waals surface area (Å²) in [5, 5.41) is 4.08. The van der Waals surface area contributed by atoms with Crippen LogP contribution in [-0.4, -0.2) is 26.8 Å². The maximum atomic E-state index is 5.89. The number of hydrogen-bond donors (Lipinski definition) is 2. The minimum absolute atomic E-state index is 0.0303. The summed E-state index contributed by atoms with van der Waals surface area (Å²) in [6.07, 6.45) is 0. The van der Waals surface area contributed by atoms with E-state index in [4.69, 9.17) is 22.1 Å². The average Bonchev–Trinajstić information content (AvgIpc) is 2.25. The van der Waals surface area contributed by atoms with Crippen LogP contribution in [0.4, 0.5) is 0 Å². The second-order valence-electron chi connectivity index (χ2n) is 4.33. The zero-order valence-corrected chi connectivity index (χ0v) is 10.1. The Bertz CT molecular complexity index is 343. The van der Waals surface area contributed by atoms with Gasteiger partial charge in [-0.3, -0.25) is 0 Å². The fraction of sp³-hybridized carbons (Fsp3) is 0.500. The van der Waals surface area contributed by atoms with Crippen LogP contribution >= 0.6 is 11.6 Å². The van der Waals surface area contributed by atoms with Crippen LogP contribution in [0.2, 0.25) is 5.02 Å². The monoisotopic (exact) mass is 240 g/mol. The topological polar surface area (TPSA) is 47.3 Å². The van der Waals surface area contributed by atoms with E-state index in [1.165, 1.54) is 5.56 Å². The Kier molecular flexibility index (Phi) is 3.50. The van der Waals surface area contributed by atoms with Gasteiger partial charge in [-0.2, -0.15) is 0 Å². The molecule has 16 heavy (non-hydrogen) atoms. The van der Waals surface area contributed by atoms with Gasteiger partial charge < -0.3 is 15.8 Å². The molecule has 0 aliphatic carbocycles. The molecule has 1 saturated heterocycles. The summed E-state index contributed by atoms with van der Waals surface area (Å²) in [6, 6.07) is 8.12. The van der Waals surface area contributed by atoms with Crippen molar-refractivity contribution in [1.82, 2.24) is 5.32 Å². The molecule has 3 nitrogen and oxygen atoms in total. The summed E-state index contributed by atoms with van der Waals surface area (Å²) in [7, 11) is 1.95. The maximum absolute atomic E-state index is 5.89. The van der Waals surface area contributed by atoms with Gasteiger partial charge in [-0.25, -0.2) is 0 Å². The van der Waals surface area contributed by atoms with Gasteiger partial charge in [0.15, 0.2) is 0 Å². The third-order valence-electron chi connectivity index (χ3n) is 3.29. The zero-order chi connectivity index (χ0) is 11.6. The molecule has 1 unspecified atom stereocenters. The van der Waals surface area contributed by atoms with E-state index in [1.807, 2.05) is 31.3 Å². The molecule has 88 valence electrons. The lowest BCUT2D eigenvalue weighted by molar-refractivity contribution is -0.126. The van der Waals surface area contributed by atoms with E-state index in [2.05, 4.69) is 5.32 Å². The SMILES string of the molecule is CNC(c1ccc(Cl)cc1)C1(CN)COC1. The van der Waals surface area contributed by atoms with Gasteiger partial charge >= 0.3 is 0 Å². The number of halogens is 1. The molecule has 1 atom stereocenters. The molecule has 1 aromatic rings. The smallest absolute Gasteiger partial charge is 0.0575 e. The van der Waals surface area contributed by atoms with Gasteiger partial charge in [-0.05, 0) is 24.7 Å². The van der Waals surface area contributed by atoms with Crippen LogP contribution in [0.5, 0.6) is 0 Å². The summed E-state index contributed by atoms with van der Waals surface area (Å²) in [6.45, 7) is 2.07.